The zero-order chi connectivity index (χ0) is 15.8. The van der Waals surface area contributed by atoms with Gasteiger partial charge in [-0.3, -0.25) is 4.79 Å². The summed E-state index contributed by atoms with van der Waals surface area (Å²) < 4.78 is 0. The molecule has 8 nitrogen and oxygen atoms in total. The molecule has 0 bridgehead atoms. The van der Waals surface area contributed by atoms with Crippen molar-refractivity contribution < 1.29 is 4.79 Å². The van der Waals surface area contributed by atoms with Gasteiger partial charge in [0.2, 0.25) is 5.82 Å². The molecular weight excluding hydrogens is 318 g/mol. The van der Waals surface area contributed by atoms with Gasteiger partial charge < -0.3 is 10.3 Å². The number of aromatic amines is 2. The summed E-state index contributed by atoms with van der Waals surface area (Å²) in [6.45, 7) is 0.544. The van der Waals surface area contributed by atoms with Crippen LogP contribution in [0.3, 0.4) is 0 Å². The Bertz CT molecular complexity index is 841. The van der Waals surface area contributed by atoms with Crippen LogP contribution < -0.4 is 5.32 Å². The van der Waals surface area contributed by atoms with Crippen LogP contribution in [0.5, 0.6) is 0 Å². The van der Waals surface area contributed by atoms with Crippen molar-refractivity contribution in [1.82, 2.24) is 35.9 Å². The van der Waals surface area contributed by atoms with E-state index in [-0.39, 0.29) is 11.8 Å². The summed E-state index contributed by atoms with van der Waals surface area (Å²) >= 11 is 5.94. The molecule has 1 aliphatic heterocycles. The van der Waals surface area contributed by atoms with Gasteiger partial charge in [-0.2, -0.15) is 5.21 Å². The van der Waals surface area contributed by atoms with Crippen LogP contribution in [0.4, 0.5) is 0 Å². The molecule has 1 amide bonds. The molecule has 9 heteroatoms. The highest BCUT2D eigenvalue weighted by Gasteiger charge is 2.27. The smallest absolute Gasteiger partial charge is 0.271 e. The predicted octanol–water partition coefficient (Wildman–Crippen LogP) is 1.31. The molecule has 3 N–H and O–H groups in total. The second-order valence-electron chi connectivity index (χ2n) is 5.31. The summed E-state index contributed by atoms with van der Waals surface area (Å²) in [6, 6.07) is 7.64. The van der Waals surface area contributed by atoms with Crippen LogP contribution in [-0.4, -0.2) is 43.0 Å². The largest absolute Gasteiger partial charge is 0.350 e. The van der Waals surface area contributed by atoms with E-state index >= 15 is 0 Å². The third-order valence-electron chi connectivity index (χ3n) is 3.85. The minimum Gasteiger partial charge on any atom is -0.350 e. The molecule has 3 aromatic rings. The summed E-state index contributed by atoms with van der Waals surface area (Å²) in [7, 11) is 0. The van der Waals surface area contributed by atoms with Crippen molar-refractivity contribution >= 4 is 17.5 Å². The van der Waals surface area contributed by atoms with Gasteiger partial charge in [0, 0.05) is 23.2 Å². The van der Waals surface area contributed by atoms with Crippen molar-refractivity contribution in [3.63, 3.8) is 0 Å². The number of hydrogen-bond acceptors (Lipinski definition) is 5. The number of hydrogen-bond donors (Lipinski definition) is 3. The third-order valence-corrected chi connectivity index (χ3v) is 4.10. The average Bonchev–Trinajstić information content (AvgIpc) is 3.19. The maximum Gasteiger partial charge on any atom is 0.271 e. The number of halogens is 1. The molecule has 0 saturated carbocycles. The number of H-pyrrole nitrogens is 2. The van der Waals surface area contributed by atoms with Crippen molar-refractivity contribution in [2.45, 2.75) is 12.3 Å². The number of nitrogens with one attached hydrogen (secondary N) is 3. The fraction of sp³-hybridized carbons (Fsp3) is 0.214. The summed E-state index contributed by atoms with van der Waals surface area (Å²) in [4.78, 5) is 19.7. The van der Waals surface area contributed by atoms with Gasteiger partial charge in [0.25, 0.3) is 5.91 Å². The zero-order valence-corrected chi connectivity index (χ0v) is 12.6. The standard InChI is InChI=1S/C14H12ClN7O/c15-9-3-1-7(2-4-9)8-5-10-11(14(23)16-6-8)18-12(17-10)13-19-21-22-20-13/h1-4,8H,5-6H2,(H,16,23)(H,17,18)(H,19,20,21,22). The molecule has 116 valence electrons. The van der Waals surface area contributed by atoms with E-state index in [1.165, 1.54) is 0 Å². The second kappa shape index (κ2) is 5.47. The van der Waals surface area contributed by atoms with E-state index in [0.29, 0.717) is 35.3 Å². The Hall–Kier alpha value is -2.74. The minimum absolute atomic E-state index is 0.135. The third kappa shape index (κ3) is 2.57. The molecule has 0 spiro atoms. The minimum atomic E-state index is -0.206. The van der Waals surface area contributed by atoms with Gasteiger partial charge in [0.05, 0.1) is 0 Å². The van der Waals surface area contributed by atoms with Gasteiger partial charge >= 0.3 is 0 Å². The van der Waals surface area contributed by atoms with Crippen molar-refractivity contribution in [2.75, 3.05) is 6.54 Å². The number of carbonyl (C=O) groups excluding carboxylic acids is 1. The number of fused-ring (bicyclic) bond motifs is 1. The van der Waals surface area contributed by atoms with E-state index in [4.69, 9.17) is 11.6 Å². The van der Waals surface area contributed by atoms with Crippen LogP contribution in [0.15, 0.2) is 24.3 Å². The number of carbonyl (C=O) groups is 1. The first kappa shape index (κ1) is 13.9. The van der Waals surface area contributed by atoms with Crippen LogP contribution in [0.1, 0.15) is 27.7 Å². The molecule has 1 aromatic carbocycles. The average molecular weight is 330 g/mol. The van der Waals surface area contributed by atoms with E-state index < -0.39 is 0 Å². The lowest BCUT2D eigenvalue weighted by atomic mass is 9.94. The molecule has 0 saturated heterocycles. The molecule has 1 atom stereocenters. The Morgan fingerprint density at radius 1 is 1.22 bits per heavy atom. The summed E-state index contributed by atoms with van der Waals surface area (Å²) in [6.07, 6.45) is 0.653. The first-order chi connectivity index (χ1) is 11.2. The first-order valence-corrected chi connectivity index (χ1v) is 7.45. The molecule has 1 unspecified atom stereocenters. The van der Waals surface area contributed by atoms with Crippen LogP contribution in [0.2, 0.25) is 5.02 Å². The number of amides is 1. The highest BCUT2D eigenvalue weighted by atomic mass is 35.5. The molecular formula is C14H12ClN7O. The van der Waals surface area contributed by atoms with Gasteiger partial charge in [0.15, 0.2) is 5.82 Å². The van der Waals surface area contributed by atoms with Crippen LogP contribution >= 0.6 is 11.6 Å². The molecule has 2 aromatic heterocycles. The predicted molar refractivity (Wildman–Crippen MR) is 82.0 cm³/mol. The Kier molecular flexibility index (Phi) is 3.30. The van der Waals surface area contributed by atoms with Crippen LogP contribution in [0, 0.1) is 0 Å². The monoisotopic (exact) mass is 329 g/mol. The zero-order valence-electron chi connectivity index (χ0n) is 11.9. The lowest BCUT2D eigenvalue weighted by molar-refractivity contribution is 0.0950. The lowest BCUT2D eigenvalue weighted by Gasteiger charge is -2.14. The molecule has 1 aliphatic rings. The van der Waals surface area contributed by atoms with Gasteiger partial charge in [-0.15, -0.1) is 10.2 Å². The molecule has 4 rings (SSSR count). The van der Waals surface area contributed by atoms with E-state index in [1.807, 2.05) is 24.3 Å². The molecule has 0 fully saturated rings. The van der Waals surface area contributed by atoms with E-state index in [1.54, 1.807) is 0 Å². The van der Waals surface area contributed by atoms with Crippen LogP contribution in [-0.2, 0) is 6.42 Å². The number of imidazole rings is 1. The Labute approximate surface area is 135 Å². The van der Waals surface area contributed by atoms with Gasteiger partial charge in [0.1, 0.15) is 5.69 Å². The lowest BCUT2D eigenvalue weighted by Crippen LogP contribution is -2.26. The number of rotatable bonds is 2. The molecule has 0 aliphatic carbocycles. The van der Waals surface area contributed by atoms with Crippen molar-refractivity contribution in [1.29, 1.82) is 0 Å². The fourth-order valence-electron chi connectivity index (χ4n) is 2.70. The van der Waals surface area contributed by atoms with E-state index in [9.17, 15) is 4.79 Å². The fourth-order valence-corrected chi connectivity index (χ4v) is 2.83. The number of tetrazole rings is 1. The number of nitrogens with zero attached hydrogens (tertiary/aromatic N) is 4. The second-order valence-corrected chi connectivity index (χ2v) is 5.75. The molecule has 0 radical (unpaired) electrons. The number of benzene rings is 1. The number of aromatic nitrogens is 6. The summed E-state index contributed by atoms with van der Waals surface area (Å²) in [5.41, 5.74) is 2.25. The highest BCUT2D eigenvalue weighted by Crippen LogP contribution is 2.26. The maximum atomic E-state index is 12.2. The van der Waals surface area contributed by atoms with Crippen molar-refractivity contribution in [3.05, 3.63) is 46.2 Å². The SMILES string of the molecule is O=C1NCC(c2ccc(Cl)cc2)Cc2[nH]c(-c3nn[nH]n3)nc21. The van der Waals surface area contributed by atoms with Gasteiger partial charge in [-0.1, -0.05) is 23.7 Å². The highest BCUT2D eigenvalue weighted by molar-refractivity contribution is 6.30. The maximum absolute atomic E-state index is 12.2. The van der Waals surface area contributed by atoms with Gasteiger partial charge in [-0.25, -0.2) is 4.98 Å². The quantitative estimate of drug-likeness (QED) is 0.656. The van der Waals surface area contributed by atoms with Crippen molar-refractivity contribution in [3.8, 4) is 11.6 Å². The molecule has 3 heterocycles. The molecule has 23 heavy (non-hydrogen) atoms. The van der Waals surface area contributed by atoms with Crippen LogP contribution in [0.25, 0.3) is 11.6 Å². The van der Waals surface area contributed by atoms with Gasteiger partial charge in [-0.05, 0) is 29.3 Å². The summed E-state index contributed by atoms with van der Waals surface area (Å²) in [5, 5.41) is 17.2. The topological polar surface area (TPSA) is 112 Å². The van der Waals surface area contributed by atoms with E-state index in [2.05, 4.69) is 35.9 Å². The summed E-state index contributed by atoms with van der Waals surface area (Å²) in [5.74, 6) is 0.683. The Balaban J connectivity index is 1.69. The Morgan fingerprint density at radius 3 is 2.78 bits per heavy atom. The first-order valence-electron chi connectivity index (χ1n) is 7.07. The Morgan fingerprint density at radius 2 is 2.04 bits per heavy atom. The van der Waals surface area contributed by atoms with E-state index in [0.717, 1.165) is 11.3 Å². The van der Waals surface area contributed by atoms with Crippen molar-refractivity contribution in [2.24, 2.45) is 0 Å². The normalized spacial score (nSPS) is 17.4.